The summed E-state index contributed by atoms with van der Waals surface area (Å²) in [5.74, 6) is -1.28. The highest BCUT2D eigenvalue weighted by Gasteiger charge is 2.15. The van der Waals surface area contributed by atoms with Crippen molar-refractivity contribution >= 4 is 29.0 Å². The van der Waals surface area contributed by atoms with E-state index < -0.39 is 11.8 Å². The number of benzene rings is 1. The maximum atomic E-state index is 11.8. The number of amides is 2. The van der Waals surface area contributed by atoms with Crippen LogP contribution in [0, 0.1) is 13.8 Å². The summed E-state index contributed by atoms with van der Waals surface area (Å²) in [7, 11) is 0. The van der Waals surface area contributed by atoms with Gasteiger partial charge in [-0.25, -0.2) is 4.98 Å². The zero-order valence-electron chi connectivity index (χ0n) is 11.8. The minimum absolute atomic E-state index is 0.318. The molecular formula is C15H16N4O2. The molecule has 0 spiro atoms. The van der Waals surface area contributed by atoms with Gasteiger partial charge >= 0.3 is 11.8 Å². The van der Waals surface area contributed by atoms with Crippen LogP contribution in [0.1, 0.15) is 11.1 Å². The molecule has 1 heterocycles. The van der Waals surface area contributed by atoms with E-state index in [1.807, 2.05) is 19.9 Å². The zero-order chi connectivity index (χ0) is 15.4. The van der Waals surface area contributed by atoms with Crippen LogP contribution in [0.4, 0.5) is 17.2 Å². The lowest BCUT2D eigenvalue weighted by Gasteiger charge is -2.09. The summed E-state index contributed by atoms with van der Waals surface area (Å²) in [5.41, 5.74) is 8.45. The van der Waals surface area contributed by atoms with E-state index in [-0.39, 0.29) is 0 Å². The van der Waals surface area contributed by atoms with Crippen molar-refractivity contribution in [1.29, 1.82) is 0 Å². The minimum Gasteiger partial charge on any atom is -0.397 e. The second-order valence-electron chi connectivity index (χ2n) is 4.72. The topological polar surface area (TPSA) is 97.1 Å². The molecular weight excluding hydrogens is 268 g/mol. The number of nitrogens with one attached hydrogen (secondary N) is 2. The van der Waals surface area contributed by atoms with Crippen LogP contribution in [0.3, 0.4) is 0 Å². The van der Waals surface area contributed by atoms with E-state index >= 15 is 0 Å². The second-order valence-corrected chi connectivity index (χ2v) is 4.72. The molecule has 0 radical (unpaired) electrons. The Hall–Kier alpha value is -2.89. The Morgan fingerprint density at radius 3 is 2.33 bits per heavy atom. The number of rotatable bonds is 2. The van der Waals surface area contributed by atoms with E-state index in [0.717, 1.165) is 11.1 Å². The van der Waals surface area contributed by atoms with Crippen molar-refractivity contribution in [2.45, 2.75) is 13.8 Å². The molecule has 0 saturated heterocycles. The van der Waals surface area contributed by atoms with Crippen molar-refractivity contribution in [3.05, 3.63) is 47.7 Å². The number of hydrogen-bond donors (Lipinski definition) is 3. The first-order chi connectivity index (χ1) is 9.95. The standard InChI is InChI=1S/C15H16N4O2/c1-9-3-5-11(16)12(7-9)18-14(20)15(21)19-13-6-4-10(2)8-17-13/h3-8H,16H2,1-2H3,(H,18,20)(H,17,19,21). The normalized spacial score (nSPS) is 10.0. The third-order valence-corrected chi connectivity index (χ3v) is 2.82. The van der Waals surface area contributed by atoms with Crippen LogP contribution in [0.25, 0.3) is 0 Å². The van der Waals surface area contributed by atoms with E-state index in [1.165, 1.54) is 0 Å². The molecule has 0 aliphatic carbocycles. The van der Waals surface area contributed by atoms with Gasteiger partial charge in [0, 0.05) is 6.20 Å². The van der Waals surface area contributed by atoms with Gasteiger partial charge in [0.25, 0.3) is 0 Å². The van der Waals surface area contributed by atoms with Gasteiger partial charge in [-0.2, -0.15) is 0 Å². The largest absolute Gasteiger partial charge is 0.397 e. The molecule has 1 aromatic heterocycles. The highest BCUT2D eigenvalue weighted by molar-refractivity contribution is 6.43. The molecule has 2 rings (SSSR count). The second kappa shape index (κ2) is 6.04. The first kappa shape index (κ1) is 14.5. The fraction of sp³-hybridized carbons (Fsp3) is 0.133. The maximum absolute atomic E-state index is 11.8. The van der Waals surface area contributed by atoms with Crippen molar-refractivity contribution < 1.29 is 9.59 Å². The van der Waals surface area contributed by atoms with Crippen molar-refractivity contribution in [1.82, 2.24) is 4.98 Å². The molecule has 0 bridgehead atoms. The zero-order valence-corrected chi connectivity index (χ0v) is 11.8. The van der Waals surface area contributed by atoms with E-state index in [9.17, 15) is 9.59 Å². The Bertz CT molecular complexity index is 681. The number of aromatic nitrogens is 1. The third-order valence-electron chi connectivity index (χ3n) is 2.82. The highest BCUT2D eigenvalue weighted by atomic mass is 16.2. The number of nitrogen functional groups attached to an aromatic ring is 1. The maximum Gasteiger partial charge on any atom is 0.315 e. The number of carbonyl (C=O) groups excluding carboxylic acids is 2. The van der Waals surface area contributed by atoms with Crippen LogP contribution in [-0.4, -0.2) is 16.8 Å². The van der Waals surface area contributed by atoms with Crippen molar-refractivity contribution in [3.8, 4) is 0 Å². The summed E-state index contributed by atoms with van der Waals surface area (Å²) in [5, 5.41) is 4.90. The van der Waals surface area contributed by atoms with E-state index in [1.54, 1.807) is 30.5 Å². The van der Waals surface area contributed by atoms with Crippen LogP contribution in [0.2, 0.25) is 0 Å². The monoisotopic (exact) mass is 284 g/mol. The van der Waals surface area contributed by atoms with Crippen molar-refractivity contribution in [3.63, 3.8) is 0 Å². The Kier molecular flexibility index (Phi) is 4.18. The predicted molar refractivity (Wildman–Crippen MR) is 81.8 cm³/mol. The molecule has 2 aromatic rings. The molecule has 0 fully saturated rings. The molecule has 4 N–H and O–H groups in total. The summed E-state index contributed by atoms with van der Waals surface area (Å²) < 4.78 is 0. The lowest BCUT2D eigenvalue weighted by Crippen LogP contribution is -2.29. The summed E-state index contributed by atoms with van der Waals surface area (Å²) in [6, 6.07) is 8.61. The molecule has 0 aliphatic rings. The lowest BCUT2D eigenvalue weighted by atomic mass is 10.2. The predicted octanol–water partition coefficient (Wildman–Crippen LogP) is 1.86. The summed E-state index contributed by atoms with van der Waals surface area (Å²) in [6.45, 7) is 3.75. The molecule has 2 amide bonds. The first-order valence-electron chi connectivity index (χ1n) is 6.37. The van der Waals surface area contributed by atoms with Crippen LogP contribution in [-0.2, 0) is 9.59 Å². The molecule has 0 unspecified atom stereocenters. The molecule has 6 nitrogen and oxygen atoms in total. The molecule has 108 valence electrons. The van der Waals surface area contributed by atoms with Crippen molar-refractivity contribution in [2.24, 2.45) is 0 Å². The molecule has 6 heteroatoms. The van der Waals surface area contributed by atoms with E-state index in [4.69, 9.17) is 5.73 Å². The van der Waals surface area contributed by atoms with Gasteiger partial charge in [-0.1, -0.05) is 12.1 Å². The minimum atomic E-state index is -0.799. The van der Waals surface area contributed by atoms with Gasteiger partial charge in [0.05, 0.1) is 11.4 Å². The molecule has 1 aromatic carbocycles. The Labute approximate surface area is 122 Å². The van der Waals surface area contributed by atoms with E-state index in [2.05, 4.69) is 15.6 Å². The molecule has 0 aliphatic heterocycles. The van der Waals surface area contributed by atoms with Gasteiger partial charge in [0.2, 0.25) is 0 Å². The highest BCUT2D eigenvalue weighted by Crippen LogP contribution is 2.19. The number of nitrogens with zero attached hydrogens (tertiary/aromatic N) is 1. The van der Waals surface area contributed by atoms with Crippen LogP contribution >= 0.6 is 0 Å². The number of pyridine rings is 1. The van der Waals surface area contributed by atoms with Gasteiger partial charge in [0.15, 0.2) is 0 Å². The van der Waals surface area contributed by atoms with Gasteiger partial charge in [-0.15, -0.1) is 0 Å². The van der Waals surface area contributed by atoms with Gasteiger partial charge in [-0.3, -0.25) is 9.59 Å². The number of hydrogen-bond acceptors (Lipinski definition) is 4. The SMILES string of the molecule is Cc1ccc(NC(=O)C(=O)Nc2cc(C)ccc2N)nc1. The fourth-order valence-electron chi connectivity index (χ4n) is 1.67. The average Bonchev–Trinajstić information content (AvgIpc) is 2.45. The van der Waals surface area contributed by atoms with Crippen LogP contribution in [0.5, 0.6) is 0 Å². The summed E-state index contributed by atoms with van der Waals surface area (Å²) in [4.78, 5) is 27.6. The Morgan fingerprint density at radius 2 is 1.67 bits per heavy atom. The third kappa shape index (κ3) is 3.79. The molecule has 21 heavy (non-hydrogen) atoms. The number of nitrogens with two attached hydrogens (primary N) is 1. The van der Waals surface area contributed by atoms with Crippen molar-refractivity contribution in [2.75, 3.05) is 16.4 Å². The van der Waals surface area contributed by atoms with Gasteiger partial charge < -0.3 is 16.4 Å². The average molecular weight is 284 g/mol. The quantitative estimate of drug-likeness (QED) is 0.579. The number of carbonyl (C=O) groups is 2. The fourth-order valence-corrected chi connectivity index (χ4v) is 1.67. The first-order valence-corrected chi connectivity index (χ1v) is 6.37. The number of aryl methyl sites for hydroxylation is 2. The van der Waals surface area contributed by atoms with E-state index in [0.29, 0.717) is 17.2 Å². The Morgan fingerprint density at radius 1 is 1.00 bits per heavy atom. The lowest BCUT2D eigenvalue weighted by molar-refractivity contribution is -0.133. The smallest absolute Gasteiger partial charge is 0.315 e. The summed E-state index contributed by atoms with van der Waals surface area (Å²) in [6.07, 6.45) is 1.60. The van der Waals surface area contributed by atoms with Gasteiger partial charge in [0.1, 0.15) is 5.82 Å². The molecule has 0 atom stereocenters. The Balaban J connectivity index is 2.04. The van der Waals surface area contributed by atoms with Gasteiger partial charge in [-0.05, 0) is 43.2 Å². The number of anilines is 3. The van der Waals surface area contributed by atoms with Crippen LogP contribution < -0.4 is 16.4 Å². The summed E-state index contributed by atoms with van der Waals surface area (Å²) >= 11 is 0. The van der Waals surface area contributed by atoms with Crippen LogP contribution in [0.15, 0.2) is 36.5 Å². The molecule has 0 saturated carbocycles.